The number of allylic oxidation sites excluding steroid dienone is 1. The van der Waals surface area contributed by atoms with Crippen molar-refractivity contribution in [3.63, 3.8) is 0 Å². The second kappa shape index (κ2) is 8.60. The summed E-state index contributed by atoms with van der Waals surface area (Å²) in [5.41, 5.74) is 2.86. The van der Waals surface area contributed by atoms with E-state index < -0.39 is 5.41 Å². The van der Waals surface area contributed by atoms with Gasteiger partial charge in [0.15, 0.2) is 0 Å². The van der Waals surface area contributed by atoms with Crippen LogP contribution in [-0.2, 0) is 10.2 Å². The van der Waals surface area contributed by atoms with Gasteiger partial charge in [-0.1, -0.05) is 54.9 Å². The van der Waals surface area contributed by atoms with Crippen LogP contribution in [0.1, 0.15) is 25.3 Å². The summed E-state index contributed by atoms with van der Waals surface area (Å²) in [5.74, 6) is 0.126. The zero-order chi connectivity index (χ0) is 20.3. The standard InChI is InChI=1S/C24H28ClN3O/c1-2-24(21-10-3-4-11-22(21)26-23(24)29)12-5-6-13-27-14-16-28(17-15-27)20-9-7-8-19(25)18-20/h3-11,18H,2,12-17H2,1H3,(H,26,29). The third-order valence-electron chi connectivity index (χ3n) is 6.27. The minimum Gasteiger partial charge on any atom is -0.369 e. The van der Waals surface area contributed by atoms with Crippen molar-refractivity contribution >= 4 is 28.9 Å². The molecule has 0 saturated carbocycles. The number of fused-ring (bicyclic) bond motifs is 1. The molecule has 2 aliphatic rings. The average molecular weight is 410 g/mol. The quantitative estimate of drug-likeness (QED) is 0.702. The molecule has 2 aliphatic heterocycles. The summed E-state index contributed by atoms with van der Waals surface area (Å²) in [6.07, 6.45) is 5.96. The number of hydrogen-bond acceptors (Lipinski definition) is 3. The summed E-state index contributed by atoms with van der Waals surface area (Å²) in [5, 5.41) is 3.84. The topological polar surface area (TPSA) is 35.6 Å². The zero-order valence-corrected chi connectivity index (χ0v) is 17.7. The molecule has 29 heavy (non-hydrogen) atoms. The van der Waals surface area contributed by atoms with Crippen LogP contribution in [0.3, 0.4) is 0 Å². The molecule has 0 aromatic heterocycles. The van der Waals surface area contributed by atoms with Gasteiger partial charge in [-0.15, -0.1) is 0 Å². The van der Waals surface area contributed by atoms with Crippen LogP contribution in [0, 0.1) is 0 Å². The number of anilines is 2. The molecule has 4 rings (SSSR count). The number of amides is 1. The molecule has 1 N–H and O–H groups in total. The van der Waals surface area contributed by atoms with E-state index in [0.29, 0.717) is 0 Å². The molecule has 2 aromatic carbocycles. The fourth-order valence-corrected chi connectivity index (χ4v) is 4.63. The van der Waals surface area contributed by atoms with E-state index in [1.54, 1.807) is 0 Å². The predicted molar refractivity (Wildman–Crippen MR) is 121 cm³/mol. The molecule has 1 fully saturated rings. The zero-order valence-electron chi connectivity index (χ0n) is 16.9. The van der Waals surface area contributed by atoms with Crippen LogP contribution in [-0.4, -0.2) is 43.5 Å². The lowest BCUT2D eigenvalue weighted by Gasteiger charge is -2.35. The fraction of sp³-hybridized carbons (Fsp3) is 0.375. The van der Waals surface area contributed by atoms with Crippen molar-refractivity contribution < 1.29 is 4.79 Å². The lowest BCUT2D eigenvalue weighted by Crippen LogP contribution is -2.46. The maximum atomic E-state index is 12.7. The van der Waals surface area contributed by atoms with Crippen molar-refractivity contribution in [1.29, 1.82) is 0 Å². The molecule has 1 unspecified atom stereocenters. The van der Waals surface area contributed by atoms with Crippen molar-refractivity contribution in [3.8, 4) is 0 Å². The lowest BCUT2D eigenvalue weighted by molar-refractivity contribution is -0.120. The largest absolute Gasteiger partial charge is 0.369 e. The van der Waals surface area contributed by atoms with Crippen molar-refractivity contribution in [2.75, 3.05) is 42.9 Å². The Labute approximate surface area is 178 Å². The Hall–Kier alpha value is -2.30. The Morgan fingerprint density at radius 1 is 1.07 bits per heavy atom. The Morgan fingerprint density at radius 2 is 1.86 bits per heavy atom. The number of benzene rings is 2. The van der Waals surface area contributed by atoms with Crippen molar-refractivity contribution in [2.45, 2.75) is 25.2 Å². The number of halogens is 1. The molecule has 0 aliphatic carbocycles. The highest BCUT2D eigenvalue weighted by atomic mass is 35.5. The van der Waals surface area contributed by atoms with Gasteiger partial charge in [0, 0.05) is 49.1 Å². The van der Waals surface area contributed by atoms with Gasteiger partial charge in [-0.3, -0.25) is 9.69 Å². The van der Waals surface area contributed by atoms with Gasteiger partial charge in [0.25, 0.3) is 0 Å². The van der Waals surface area contributed by atoms with Crippen molar-refractivity contribution in [3.05, 3.63) is 71.3 Å². The van der Waals surface area contributed by atoms with Gasteiger partial charge in [-0.2, -0.15) is 0 Å². The molecular formula is C24H28ClN3O. The second-order valence-corrected chi connectivity index (χ2v) is 8.31. The SMILES string of the molecule is CCC1(CC=CCN2CCN(c3cccc(Cl)c3)CC2)C(=O)Nc2ccccc21. The molecule has 5 heteroatoms. The minimum atomic E-state index is -0.432. The van der Waals surface area contributed by atoms with E-state index in [1.807, 2.05) is 36.4 Å². The summed E-state index contributed by atoms with van der Waals surface area (Å²) >= 11 is 6.12. The first-order chi connectivity index (χ1) is 14.1. The summed E-state index contributed by atoms with van der Waals surface area (Å²) in [7, 11) is 0. The maximum absolute atomic E-state index is 12.7. The Morgan fingerprint density at radius 3 is 2.62 bits per heavy atom. The first-order valence-corrected chi connectivity index (χ1v) is 10.8. The molecule has 1 atom stereocenters. The van der Waals surface area contributed by atoms with Gasteiger partial charge >= 0.3 is 0 Å². The summed E-state index contributed by atoms with van der Waals surface area (Å²) in [6.45, 7) is 7.08. The molecule has 0 radical (unpaired) electrons. The number of carbonyl (C=O) groups is 1. The molecule has 4 nitrogen and oxygen atoms in total. The summed E-state index contributed by atoms with van der Waals surface area (Å²) in [4.78, 5) is 17.5. The molecule has 152 valence electrons. The third kappa shape index (κ3) is 4.05. The molecular weight excluding hydrogens is 382 g/mol. The molecule has 1 saturated heterocycles. The number of nitrogens with one attached hydrogen (secondary N) is 1. The number of carbonyl (C=O) groups excluding carboxylic acids is 1. The van der Waals surface area contributed by atoms with Crippen LogP contribution in [0.2, 0.25) is 5.02 Å². The molecule has 2 heterocycles. The van der Waals surface area contributed by atoms with Crippen LogP contribution < -0.4 is 10.2 Å². The van der Waals surface area contributed by atoms with Crippen molar-refractivity contribution in [1.82, 2.24) is 4.90 Å². The molecule has 1 amide bonds. The first-order valence-electron chi connectivity index (χ1n) is 10.4. The molecule has 0 bridgehead atoms. The third-order valence-corrected chi connectivity index (χ3v) is 6.51. The van der Waals surface area contributed by atoms with E-state index in [9.17, 15) is 4.79 Å². The van der Waals surface area contributed by atoms with E-state index >= 15 is 0 Å². The van der Waals surface area contributed by atoms with Crippen LogP contribution in [0.15, 0.2) is 60.7 Å². The van der Waals surface area contributed by atoms with E-state index in [2.05, 4.69) is 46.3 Å². The normalized spacial score (nSPS) is 22.1. The van der Waals surface area contributed by atoms with Gasteiger partial charge in [-0.05, 0) is 42.7 Å². The predicted octanol–water partition coefficient (Wildman–Crippen LogP) is 4.71. The highest BCUT2D eigenvalue weighted by Crippen LogP contribution is 2.42. The number of para-hydroxylation sites is 1. The molecule has 0 spiro atoms. The van der Waals surface area contributed by atoms with Crippen LogP contribution in [0.5, 0.6) is 0 Å². The summed E-state index contributed by atoms with van der Waals surface area (Å²) < 4.78 is 0. The summed E-state index contributed by atoms with van der Waals surface area (Å²) in [6, 6.07) is 16.2. The lowest BCUT2D eigenvalue weighted by atomic mass is 9.76. The van der Waals surface area contributed by atoms with Crippen molar-refractivity contribution in [2.24, 2.45) is 0 Å². The van der Waals surface area contributed by atoms with E-state index in [0.717, 1.165) is 61.8 Å². The number of piperazine rings is 1. The second-order valence-electron chi connectivity index (χ2n) is 7.88. The smallest absolute Gasteiger partial charge is 0.235 e. The van der Waals surface area contributed by atoms with Gasteiger partial charge in [0.2, 0.25) is 5.91 Å². The van der Waals surface area contributed by atoms with Crippen LogP contribution in [0.25, 0.3) is 0 Å². The number of nitrogens with zero attached hydrogens (tertiary/aromatic N) is 2. The monoisotopic (exact) mass is 409 g/mol. The maximum Gasteiger partial charge on any atom is 0.235 e. The Bertz CT molecular complexity index is 905. The van der Waals surface area contributed by atoms with Gasteiger partial charge in [-0.25, -0.2) is 0 Å². The highest BCUT2D eigenvalue weighted by molar-refractivity contribution is 6.30. The number of hydrogen-bond donors (Lipinski definition) is 1. The fourth-order valence-electron chi connectivity index (χ4n) is 4.44. The van der Waals surface area contributed by atoms with E-state index in [1.165, 1.54) is 5.69 Å². The Balaban J connectivity index is 1.32. The van der Waals surface area contributed by atoms with Gasteiger partial charge < -0.3 is 10.2 Å². The highest BCUT2D eigenvalue weighted by Gasteiger charge is 2.44. The molecule has 2 aromatic rings. The van der Waals surface area contributed by atoms with E-state index in [-0.39, 0.29) is 5.91 Å². The number of rotatable bonds is 6. The average Bonchev–Trinajstić information content (AvgIpc) is 3.03. The Kier molecular flexibility index (Phi) is 5.93. The van der Waals surface area contributed by atoms with Crippen LogP contribution >= 0.6 is 11.6 Å². The van der Waals surface area contributed by atoms with Crippen LogP contribution in [0.4, 0.5) is 11.4 Å². The minimum absolute atomic E-state index is 0.126. The van der Waals surface area contributed by atoms with E-state index in [4.69, 9.17) is 11.6 Å². The first kappa shape index (κ1) is 20.0. The van der Waals surface area contributed by atoms with Gasteiger partial charge in [0.1, 0.15) is 0 Å². The van der Waals surface area contributed by atoms with Gasteiger partial charge in [0.05, 0.1) is 5.41 Å².